The van der Waals surface area contributed by atoms with Gasteiger partial charge in [0.05, 0.1) is 11.7 Å². The Hall–Kier alpha value is -1.91. The Labute approximate surface area is 106 Å². The molecular weight excluding hydrogens is 230 g/mol. The monoisotopic (exact) mass is 247 g/mol. The smallest absolute Gasteiger partial charge is 0.248 e. The number of rotatable bonds is 2. The molecule has 1 saturated heterocycles. The lowest BCUT2D eigenvalue weighted by Crippen LogP contribution is -2.64. The van der Waals surface area contributed by atoms with Crippen LogP contribution in [0.5, 0.6) is 0 Å². The van der Waals surface area contributed by atoms with Crippen LogP contribution in [0.25, 0.3) is 0 Å². The molecule has 2 heterocycles. The quantitative estimate of drug-likeness (QED) is 0.843. The van der Waals surface area contributed by atoms with E-state index in [1.807, 2.05) is 25.1 Å². The summed E-state index contributed by atoms with van der Waals surface area (Å²) in [6.07, 6.45) is 1.69. The van der Waals surface area contributed by atoms with Gasteiger partial charge in [-0.1, -0.05) is 6.07 Å². The fourth-order valence-corrected chi connectivity index (χ4v) is 2.12. The van der Waals surface area contributed by atoms with Crippen molar-refractivity contribution in [1.29, 1.82) is 0 Å². The molecule has 0 aromatic carbocycles. The van der Waals surface area contributed by atoms with Crippen LogP contribution in [0.1, 0.15) is 32.5 Å². The number of amides is 2. The molecule has 1 fully saturated rings. The summed E-state index contributed by atoms with van der Waals surface area (Å²) in [5.41, 5.74) is -0.0605. The third-order valence-corrected chi connectivity index (χ3v) is 3.14. The fraction of sp³-hybridized carbons (Fsp3) is 0.462. The first-order valence-corrected chi connectivity index (χ1v) is 5.95. The number of piperazine rings is 1. The van der Waals surface area contributed by atoms with E-state index in [-0.39, 0.29) is 24.4 Å². The molecule has 0 saturated carbocycles. The van der Waals surface area contributed by atoms with Crippen LogP contribution < -0.4 is 5.32 Å². The van der Waals surface area contributed by atoms with Gasteiger partial charge >= 0.3 is 0 Å². The number of carbonyl (C=O) groups is 2. The zero-order valence-corrected chi connectivity index (χ0v) is 10.8. The largest absolute Gasteiger partial charge is 0.341 e. The van der Waals surface area contributed by atoms with Gasteiger partial charge in [0.2, 0.25) is 11.8 Å². The zero-order valence-electron chi connectivity index (χ0n) is 10.8. The van der Waals surface area contributed by atoms with Crippen molar-refractivity contribution in [3.63, 3.8) is 0 Å². The Bertz CT molecular complexity index is 470. The van der Waals surface area contributed by atoms with Gasteiger partial charge in [0.1, 0.15) is 12.1 Å². The van der Waals surface area contributed by atoms with Crippen molar-refractivity contribution in [3.05, 3.63) is 30.1 Å². The Kier molecular flexibility index (Phi) is 3.07. The Morgan fingerprint density at radius 2 is 2.11 bits per heavy atom. The lowest BCUT2D eigenvalue weighted by atomic mass is 9.98. The minimum atomic E-state index is -0.849. The summed E-state index contributed by atoms with van der Waals surface area (Å²) >= 11 is 0. The average Bonchev–Trinajstić information content (AvgIpc) is 2.33. The van der Waals surface area contributed by atoms with Gasteiger partial charge in [-0.3, -0.25) is 14.6 Å². The highest BCUT2D eigenvalue weighted by molar-refractivity contribution is 5.97. The second kappa shape index (κ2) is 4.40. The summed E-state index contributed by atoms with van der Waals surface area (Å²) in [6.45, 7) is 5.39. The number of aromatic nitrogens is 1. The average molecular weight is 247 g/mol. The molecule has 96 valence electrons. The molecule has 1 unspecified atom stereocenters. The molecule has 2 amide bonds. The van der Waals surface area contributed by atoms with Gasteiger partial charge in [0.15, 0.2) is 0 Å². The zero-order chi connectivity index (χ0) is 13.3. The van der Waals surface area contributed by atoms with Crippen LogP contribution in [0.4, 0.5) is 0 Å². The SMILES string of the molecule is CC(c1ccccn1)N1CC(=O)NC(C)(C)C1=O. The summed E-state index contributed by atoms with van der Waals surface area (Å²) in [7, 11) is 0. The molecule has 18 heavy (non-hydrogen) atoms. The van der Waals surface area contributed by atoms with E-state index in [1.54, 1.807) is 24.9 Å². The second-order valence-corrected chi connectivity index (χ2v) is 5.04. The third-order valence-electron chi connectivity index (χ3n) is 3.14. The highest BCUT2D eigenvalue weighted by Gasteiger charge is 2.41. The summed E-state index contributed by atoms with van der Waals surface area (Å²) in [5, 5.41) is 2.69. The minimum Gasteiger partial charge on any atom is -0.341 e. The van der Waals surface area contributed by atoms with E-state index in [0.717, 1.165) is 5.69 Å². The topological polar surface area (TPSA) is 62.3 Å². The minimum absolute atomic E-state index is 0.0831. The maximum atomic E-state index is 12.3. The molecule has 1 aliphatic rings. The van der Waals surface area contributed by atoms with Crippen LogP contribution in [0.2, 0.25) is 0 Å². The van der Waals surface area contributed by atoms with Gasteiger partial charge in [-0.25, -0.2) is 0 Å². The Morgan fingerprint density at radius 1 is 1.39 bits per heavy atom. The molecule has 5 nitrogen and oxygen atoms in total. The van der Waals surface area contributed by atoms with E-state index in [4.69, 9.17) is 0 Å². The fourth-order valence-electron chi connectivity index (χ4n) is 2.12. The number of nitrogens with one attached hydrogen (secondary N) is 1. The Balaban J connectivity index is 2.27. The van der Waals surface area contributed by atoms with Crippen molar-refractivity contribution in [2.75, 3.05) is 6.54 Å². The van der Waals surface area contributed by atoms with Gasteiger partial charge in [0, 0.05) is 6.20 Å². The van der Waals surface area contributed by atoms with Crippen molar-refractivity contribution in [1.82, 2.24) is 15.2 Å². The van der Waals surface area contributed by atoms with Crippen LogP contribution >= 0.6 is 0 Å². The summed E-state index contributed by atoms with van der Waals surface area (Å²) in [4.78, 5) is 29.7. The van der Waals surface area contributed by atoms with E-state index < -0.39 is 5.54 Å². The molecule has 1 atom stereocenters. The normalized spacial score (nSPS) is 20.5. The van der Waals surface area contributed by atoms with E-state index in [1.165, 1.54) is 0 Å². The molecule has 0 aliphatic carbocycles. The molecular formula is C13H17N3O2. The number of carbonyl (C=O) groups excluding carboxylic acids is 2. The Morgan fingerprint density at radius 3 is 2.72 bits per heavy atom. The first-order valence-electron chi connectivity index (χ1n) is 5.95. The molecule has 5 heteroatoms. The molecule has 1 aromatic rings. The molecule has 0 bridgehead atoms. The lowest BCUT2D eigenvalue weighted by molar-refractivity contribution is -0.150. The van der Waals surface area contributed by atoms with Crippen molar-refractivity contribution < 1.29 is 9.59 Å². The van der Waals surface area contributed by atoms with Gasteiger partial charge in [-0.2, -0.15) is 0 Å². The van der Waals surface area contributed by atoms with Gasteiger partial charge in [-0.05, 0) is 32.9 Å². The second-order valence-electron chi connectivity index (χ2n) is 5.04. The van der Waals surface area contributed by atoms with Crippen molar-refractivity contribution in [2.24, 2.45) is 0 Å². The van der Waals surface area contributed by atoms with Crippen LogP contribution in [0, 0.1) is 0 Å². The van der Waals surface area contributed by atoms with Crippen LogP contribution in [-0.4, -0.2) is 33.8 Å². The maximum absolute atomic E-state index is 12.3. The number of hydrogen-bond acceptors (Lipinski definition) is 3. The molecule has 2 rings (SSSR count). The van der Waals surface area contributed by atoms with E-state index in [9.17, 15) is 9.59 Å². The number of nitrogens with zero attached hydrogens (tertiary/aromatic N) is 2. The number of pyridine rings is 1. The lowest BCUT2D eigenvalue weighted by Gasteiger charge is -2.40. The molecule has 0 radical (unpaired) electrons. The van der Waals surface area contributed by atoms with Crippen LogP contribution in [0.15, 0.2) is 24.4 Å². The molecule has 1 aromatic heterocycles. The third kappa shape index (κ3) is 2.20. The number of hydrogen-bond donors (Lipinski definition) is 1. The first kappa shape index (κ1) is 12.5. The van der Waals surface area contributed by atoms with Crippen LogP contribution in [-0.2, 0) is 9.59 Å². The van der Waals surface area contributed by atoms with Crippen molar-refractivity contribution in [3.8, 4) is 0 Å². The standard InChI is InChI=1S/C13H17N3O2/c1-9(10-6-4-5-7-14-10)16-8-11(17)15-13(2,3)12(16)18/h4-7,9H,8H2,1-3H3,(H,15,17). The predicted octanol–water partition coefficient (Wildman–Crippen LogP) is 0.880. The highest BCUT2D eigenvalue weighted by atomic mass is 16.2. The highest BCUT2D eigenvalue weighted by Crippen LogP contribution is 2.23. The van der Waals surface area contributed by atoms with Crippen LogP contribution in [0.3, 0.4) is 0 Å². The van der Waals surface area contributed by atoms with Gasteiger partial charge in [-0.15, -0.1) is 0 Å². The molecule has 1 aliphatic heterocycles. The summed E-state index contributed by atoms with van der Waals surface area (Å²) < 4.78 is 0. The predicted molar refractivity (Wildman–Crippen MR) is 66.6 cm³/mol. The molecule has 0 spiro atoms. The van der Waals surface area contributed by atoms with E-state index in [0.29, 0.717) is 0 Å². The van der Waals surface area contributed by atoms with E-state index in [2.05, 4.69) is 10.3 Å². The van der Waals surface area contributed by atoms with Crippen molar-refractivity contribution in [2.45, 2.75) is 32.4 Å². The van der Waals surface area contributed by atoms with Gasteiger partial charge < -0.3 is 10.2 Å². The maximum Gasteiger partial charge on any atom is 0.248 e. The van der Waals surface area contributed by atoms with E-state index >= 15 is 0 Å². The molecule has 1 N–H and O–H groups in total. The van der Waals surface area contributed by atoms with Crippen molar-refractivity contribution >= 4 is 11.8 Å². The first-order chi connectivity index (χ1) is 8.42. The summed E-state index contributed by atoms with van der Waals surface area (Å²) in [5.74, 6) is -0.220. The van der Waals surface area contributed by atoms with Gasteiger partial charge in [0.25, 0.3) is 0 Å². The summed E-state index contributed by atoms with van der Waals surface area (Å²) in [6, 6.07) is 5.35.